The standard InChI is InChI=1S/C28H17ClF4N2O2/c29-22-13-16(15-5-2-1-3-6-15)9-10-20(22)25-24-21(27(37)35-25)7-4-8-23(24)34-26(36)17-11-18(28(31,32)33)14-19(30)12-17/h1-14,25H,(H,34,36)(H,35,37). The smallest absolute Gasteiger partial charge is 0.341 e. The molecule has 4 aromatic carbocycles. The van der Waals surface area contributed by atoms with Gasteiger partial charge in [-0.1, -0.05) is 60.1 Å². The van der Waals surface area contributed by atoms with Crippen molar-refractivity contribution in [1.29, 1.82) is 0 Å². The maximum absolute atomic E-state index is 13.9. The van der Waals surface area contributed by atoms with Crippen LogP contribution in [0.15, 0.2) is 84.9 Å². The molecule has 0 saturated carbocycles. The van der Waals surface area contributed by atoms with E-state index in [1.807, 2.05) is 36.4 Å². The summed E-state index contributed by atoms with van der Waals surface area (Å²) in [7, 11) is 0. The molecule has 0 radical (unpaired) electrons. The molecule has 0 spiro atoms. The van der Waals surface area contributed by atoms with Gasteiger partial charge in [0.25, 0.3) is 11.8 Å². The molecule has 0 bridgehead atoms. The van der Waals surface area contributed by atoms with E-state index in [9.17, 15) is 27.2 Å². The molecule has 0 saturated heterocycles. The van der Waals surface area contributed by atoms with Gasteiger partial charge in [0.15, 0.2) is 0 Å². The molecule has 1 unspecified atom stereocenters. The summed E-state index contributed by atoms with van der Waals surface area (Å²) in [4.78, 5) is 25.6. The fourth-order valence-electron chi connectivity index (χ4n) is 4.35. The molecular formula is C28H17ClF4N2O2. The molecule has 2 N–H and O–H groups in total. The Hall–Kier alpha value is -4.17. The summed E-state index contributed by atoms with van der Waals surface area (Å²) < 4.78 is 53.2. The van der Waals surface area contributed by atoms with E-state index in [4.69, 9.17) is 11.6 Å². The zero-order valence-corrected chi connectivity index (χ0v) is 19.6. The van der Waals surface area contributed by atoms with Crippen LogP contribution in [0.3, 0.4) is 0 Å². The summed E-state index contributed by atoms with van der Waals surface area (Å²) in [5.74, 6) is -2.55. The lowest BCUT2D eigenvalue weighted by Gasteiger charge is -2.19. The van der Waals surface area contributed by atoms with E-state index < -0.39 is 41.0 Å². The fraction of sp³-hybridized carbons (Fsp3) is 0.0714. The Morgan fingerprint density at radius 1 is 0.892 bits per heavy atom. The Morgan fingerprint density at radius 3 is 2.35 bits per heavy atom. The number of nitrogens with one attached hydrogen (secondary N) is 2. The number of amides is 2. The van der Waals surface area contributed by atoms with Gasteiger partial charge in [-0.05, 0) is 53.1 Å². The second-order valence-electron chi connectivity index (χ2n) is 8.46. The van der Waals surface area contributed by atoms with Crippen LogP contribution in [-0.2, 0) is 6.18 Å². The topological polar surface area (TPSA) is 58.2 Å². The average molecular weight is 525 g/mol. The van der Waals surface area contributed by atoms with Crippen LogP contribution in [0.1, 0.15) is 43.4 Å². The number of carbonyl (C=O) groups is 2. The molecule has 0 fully saturated rings. The van der Waals surface area contributed by atoms with Gasteiger partial charge in [0, 0.05) is 27.4 Å². The van der Waals surface area contributed by atoms with Crippen LogP contribution < -0.4 is 10.6 Å². The van der Waals surface area contributed by atoms with E-state index >= 15 is 0 Å². The highest BCUT2D eigenvalue weighted by molar-refractivity contribution is 6.32. The molecule has 186 valence electrons. The summed E-state index contributed by atoms with van der Waals surface area (Å²) in [5.41, 5.74) is 1.47. The van der Waals surface area contributed by atoms with Gasteiger partial charge in [0.2, 0.25) is 0 Å². The highest BCUT2D eigenvalue weighted by Crippen LogP contribution is 2.40. The van der Waals surface area contributed by atoms with Crippen LogP contribution in [0.2, 0.25) is 5.02 Å². The Kier molecular flexibility index (Phi) is 6.21. The predicted octanol–water partition coefficient (Wildman–Crippen LogP) is 7.25. The Labute approximate surface area is 213 Å². The van der Waals surface area contributed by atoms with Crippen LogP contribution in [0.25, 0.3) is 11.1 Å². The van der Waals surface area contributed by atoms with Crippen LogP contribution >= 0.6 is 11.6 Å². The number of rotatable bonds is 4. The molecule has 9 heteroatoms. The third kappa shape index (κ3) is 4.80. The largest absolute Gasteiger partial charge is 0.416 e. The van der Waals surface area contributed by atoms with Crippen LogP contribution in [0.4, 0.5) is 23.2 Å². The van der Waals surface area contributed by atoms with Gasteiger partial charge in [0.1, 0.15) is 5.82 Å². The summed E-state index contributed by atoms with van der Waals surface area (Å²) in [6, 6.07) is 20.4. The molecule has 0 aromatic heterocycles. The Morgan fingerprint density at radius 2 is 1.65 bits per heavy atom. The molecule has 4 nitrogen and oxygen atoms in total. The monoisotopic (exact) mass is 524 g/mol. The number of hydrogen-bond donors (Lipinski definition) is 2. The molecule has 4 aromatic rings. The van der Waals surface area contributed by atoms with Gasteiger partial charge in [0.05, 0.1) is 11.6 Å². The third-order valence-electron chi connectivity index (χ3n) is 6.07. The van der Waals surface area contributed by atoms with Crippen molar-refractivity contribution in [3.8, 4) is 11.1 Å². The average Bonchev–Trinajstić information content (AvgIpc) is 3.20. The molecule has 37 heavy (non-hydrogen) atoms. The highest BCUT2D eigenvalue weighted by Gasteiger charge is 2.35. The van der Waals surface area contributed by atoms with Gasteiger partial charge in [-0.3, -0.25) is 9.59 Å². The molecule has 1 heterocycles. The second kappa shape index (κ2) is 9.37. The normalized spacial score (nSPS) is 14.7. The quantitative estimate of drug-likeness (QED) is 0.276. The Balaban J connectivity index is 1.51. The summed E-state index contributed by atoms with van der Waals surface area (Å²) in [6.45, 7) is 0. The number of anilines is 1. The van der Waals surface area contributed by atoms with Crippen molar-refractivity contribution in [2.45, 2.75) is 12.2 Å². The maximum Gasteiger partial charge on any atom is 0.416 e. The molecule has 1 aliphatic heterocycles. The number of benzene rings is 4. The number of alkyl halides is 3. The van der Waals surface area contributed by atoms with Crippen molar-refractivity contribution in [3.05, 3.63) is 124 Å². The van der Waals surface area contributed by atoms with Crippen molar-refractivity contribution < 1.29 is 27.2 Å². The molecule has 1 aliphatic rings. The van der Waals surface area contributed by atoms with Crippen LogP contribution in [0, 0.1) is 5.82 Å². The van der Waals surface area contributed by atoms with E-state index in [0.29, 0.717) is 34.3 Å². The molecule has 5 rings (SSSR count). The summed E-state index contributed by atoms with van der Waals surface area (Å²) in [6.07, 6.45) is -4.82. The highest BCUT2D eigenvalue weighted by atomic mass is 35.5. The van der Waals surface area contributed by atoms with Crippen LogP contribution in [0.5, 0.6) is 0 Å². The van der Waals surface area contributed by atoms with Gasteiger partial charge in [-0.25, -0.2) is 4.39 Å². The first kappa shape index (κ1) is 24.5. The minimum atomic E-state index is -4.82. The zero-order valence-electron chi connectivity index (χ0n) is 18.9. The third-order valence-corrected chi connectivity index (χ3v) is 6.40. The molecule has 2 amide bonds. The lowest BCUT2D eigenvalue weighted by atomic mass is 9.94. The summed E-state index contributed by atoms with van der Waals surface area (Å²) in [5, 5.41) is 5.75. The van der Waals surface area contributed by atoms with E-state index in [0.717, 1.165) is 11.1 Å². The zero-order chi connectivity index (χ0) is 26.3. The Bertz CT molecular complexity index is 1540. The van der Waals surface area contributed by atoms with E-state index in [-0.39, 0.29) is 11.3 Å². The summed E-state index contributed by atoms with van der Waals surface area (Å²) >= 11 is 6.62. The van der Waals surface area contributed by atoms with E-state index in [1.165, 1.54) is 12.1 Å². The van der Waals surface area contributed by atoms with Crippen LogP contribution in [-0.4, -0.2) is 11.8 Å². The molecule has 1 atom stereocenters. The van der Waals surface area contributed by atoms with Crippen molar-refractivity contribution >= 4 is 29.1 Å². The SMILES string of the molecule is O=C(Nc1cccc2c1C(c1ccc(-c3ccccc3)cc1Cl)NC2=O)c1cc(F)cc(C(F)(F)F)c1. The molecular weight excluding hydrogens is 508 g/mol. The lowest BCUT2D eigenvalue weighted by Crippen LogP contribution is -2.21. The van der Waals surface area contributed by atoms with Gasteiger partial charge in [-0.15, -0.1) is 0 Å². The molecule has 0 aliphatic carbocycles. The lowest BCUT2D eigenvalue weighted by molar-refractivity contribution is -0.137. The number of fused-ring (bicyclic) bond motifs is 1. The first-order valence-electron chi connectivity index (χ1n) is 11.1. The first-order chi connectivity index (χ1) is 17.6. The number of hydrogen-bond acceptors (Lipinski definition) is 2. The minimum absolute atomic E-state index is 0.187. The van der Waals surface area contributed by atoms with Gasteiger partial charge in [-0.2, -0.15) is 13.2 Å². The maximum atomic E-state index is 13.9. The number of carbonyl (C=O) groups excluding carboxylic acids is 2. The minimum Gasteiger partial charge on any atom is -0.341 e. The predicted molar refractivity (Wildman–Crippen MR) is 132 cm³/mol. The van der Waals surface area contributed by atoms with Crippen molar-refractivity contribution in [1.82, 2.24) is 5.32 Å². The number of halogens is 5. The van der Waals surface area contributed by atoms with Crippen molar-refractivity contribution in [2.75, 3.05) is 5.32 Å². The van der Waals surface area contributed by atoms with E-state index in [1.54, 1.807) is 18.2 Å². The van der Waals surface area contributed by atoms with Gasteiger partial charge < -0.3 is 10.6 Å². The van der Waals surface area contributed by atoms with E-state index in [2.05, 4.69) is 10.6 Å². The second-order valence-corrected chi connectivity index (χ2v) is 8.86. The fourth-order valence-corrected chi connectivity index (χ4v) is 4.64. The van der Waals surface area contributed by atoms with Crippen molar-refractivity contribution in [2.24, 2.45) is 0 Å². The first-order valence-corrected chi connectivity index (χ1v) is 11.5. The van der Waals surface area contributed by atoms with Crippen molar-refractivity contribution in [3.63, 3.8) is 0 Å². The van der Waals surface area contributed by atoms with Gasteiger partial charge >= 0.3 is 6.18 Å².